The van der Waals surface area contributed by atoms with Crippen LogP contribution in [0.3, 0.4) is 0 Å². The quantitative estimate of drug-likeness (QED) is 0.791. The Kier molecular flexibility index (Phi) is 7.55. The topological polar surface area (TPSA) is 49.0 Å². The lowest BCUT2D eigenvalue weighted by molar-refractivity contribution is -0.0989. The molecule has 0 saturated heterocycles. The number of rotatable bonds is 7. The summed E-state index contributed by atoms with van der Waals surface area (Å²) in [6.07, 6.45) is -0.196. The number of ether oxygens (including phenoxy) is 4. The molecule has 1 N–H and O–H groups in total. The molecule has 5 nitrogen and oxygen atoms in total. The van der Waals surface area contributed by atoms with Crippen LogP contribution in [0.1, 0.15) is 11.1 Å². The first-order valence-corrected chi connectivity index (χ1v) is 7.86. The molecule has 5 heteroatoms. The van der Waals surface area contributed by atoms with Gasteiger partial charge >= 0.3 is 0 Å². The lowest BCUT2D eigenvalue weighted by Gasteiger charge is -2.14. The molecule has 2 aromatic rings. The highest BCUT2D eigenvalue weighted by Gasteiger charge is 2.04. The van der Waals surface area contributed by atoms with Crippen LogP contribution in [-0.4, -0.2) is 34.2 Å². The van der Waals surface area contributed by atoms with Crippen molar-refractivity contribution in [2.75, 3.05) is 27.9 Å². The minimum absolute atomic E-state index is 0.196. The maximum absolute atomic E-state index is 5.18. The van der Waals surface area contributed by atoms with E-state index in [4.69, 9.17) is 18.9 Å². The van der Waals surface area contributed by atoms with Crippen LogP contribution in [0.4, 0.5) is 0 Å². The third kappa shape index (κ3) is 5.85. The molecule has 0 unspecified atom stereocenters. The lowest BCUT2D eigenvalue weighted by atomic mass is 10.2. The molecule has 1 aliphatic heterocycles. The van der Waals surface area contributed by atoms with Gasteiger partial charge in [-0.05, 0) is 35.4 Å². The fourth-order valence-corrected chi connectivity index (χ4v) is 2.23. The third-order valence-corrected chi connectivity index (χ3v) is 3.63. The van der Waals surface area contributed by atoms with Crippen LogP contribution in [0.15, 0.2) is 48.5 Å². The van der Waals surface area contributed by atoms with E-state index < -0.39 is 0 Å². The maximum Gasteiger partial charge on any atom is 0.169 e. The first kappa shape index (κ1) is 18.3. The van der Waals surface area contributed by atoms with E-state index >= 15 is 0 Å². The third-order valence-electron chi connectivity index (χ3n) is 3.63. The first-order valence-electron chi connectivity index (χ1n) is 7.86. The van der Waals surface area contributed by atoms with Crippen molar-refractivity contribution >= 4 is 0 Å². The molecular weight excluding hydrogens is 306 g/mol. The average Bonchev–Trinajstić information content (AvgIpc) is 2.97. The number of hydrogen-bond donors (Lipinski definition) is 1. The van der Waals surface area contributed by atoms with Crippen molar-refractivity contribution in [3.63, 3.8) is 0 Å². The molecule has 0 atom stereocenters. The van der Waals surface area contributed by atoms with Crippen LogP contribution < -0.4 is 14.8 Å². The van der Waals surface area contributed by atoms with E-state index in [-0.39, 0.29) is 6.29 Å². The summed E-state index contributed by atoms with van der Waals surface area (Å²) < 4.78 is 20.4. The van der Waals surface area contributed by atoms with Gasteiger partial charge in [-0.15, -0.1) is 0 Å². The summed E-state index contributed by atoms with van der Waals surface area (Å²) >= 11 is 0. The summed E-state index contributed by atoms with van der Waals surface area (Å²) in [7, 11) is 4.92. The smallest absolute Gasteiger partial charge is 0.169 e. The van der Waals surface area contributed by atoms with Crippen LogP contribution in [0.25, 0.3) is 0 Å². The highest BCUT2D eigenvalue weighted by Crippen LogP contribution is 2.20. The van der Waals surface area contributed by atoms with Crippen LogP contribution >= 0.6 is 0 Å². The van der Waals surface area contributed by atoms with Crippen LogP contribution in [0, 0.1) is 0 Å². The summed E-state index contributed by atoms with van der Waals surface area (Å²) in [5.74, 6) is 1.87. The van der Waals surface area contributed by atoms with E-state index in [1.165, 1.54) is 11.1 Å². The fourth-order valence-electron chi connectivity index (χ4n) is 2.23. The maximum atomic E-state index is 5.18. The van der Waals surface area contributed by atoms with Gasteiger partial charge < -0.3 is 24.3 Å². The van der Waals surface area contributed by atoms with Gasteiger partial charge in [0, 0.05) is 27.3 Å². The summed E-state index contributed by atoms with van der Waals surface area (Å²) in [5, 5.41) is 3.25. The van der Waals surface area contributed by atoms with Gasteiger partial charge in [0.25, 0.3) is 0 Å². The Bertz CT molecular complexity index is 577. The Morgan fingerprint density at radius 1 is 1.04 bits per heavy atom. The largest absolute Gasteiger partial charge is 0.497 e. The zero-order valence-electron chi connectivity index (χ0n) is 14.5. The molecule has 2 bridgehead atoms. The molecule has 0 saturated carbocycles. The molecule has 0 aliphatic carbocycles. The van der Waals surface area contributed by atoms with Gasteiger partial charge in [-0.1, -0.05) is 24.3 Å². The molecular formula is C19H25NO4. The Hall–Kier alpha value is -2.08. The molecule has 0 fully saturated rings. The van der Waals surface area contributed by atoms with Crippen molar-refractivity contribution in [1.29, 1.82) is 0 Å². The summed E-state index contributed by atoms with van der Waals surface area (Å²) in [6.45, 7) is 2.22. The van der Waals surface area contributed by atoms with Gasteiger partial charge in [0.05, 0.1) is 7.11 Å². The van der Waals surface area contributed by atoms with Gasteiger partial charge in [0.2, 0.25) is 0 Å². The van der Waals surface area contributed by atoms with Gasteiger partial charge in [-0.25, -0.2) is 0 Å². The van der Waals surface area contributed by atoms with Crippen LogP contribution in [0.5, 0.6) is 11.5 Å². The Morgan fingerprint density at radius 2 is 1.79 bits per heavy atom. The second kappa shape index (κ2) is 9.93. The molecule has 0 radical (unpaired) electrons. The second-order valence-electron chi connectivity index (χ2n) is 5.32. The zero-order chi connectivity index (χ0) is 17.2. The van der Waals surface area contributed by atoms with E-state index in [0.29, 0.717) is 6.54 Å². The SMILES string of the molecule is COc1ccc(CNCC(OC)OC)cc1.c1cc2cc(c1)OC2. The molecule has 3 rings (SSSR count). The van der Waals surface area contributed by atoms with Crippen molar-refractivity contribution in [2.45, 2.75) is 19.4 Å². The molecule has 1 heterocycles. The van der Waals surface area contributed by atoms with Crippen molar-refractivity contribution in [3.05, 3.63) is 59.7 Å². The average molecular weight is 331 g/mol. The summed E-state index contributed by atoms with van der Waals surface area (Å²) in [4.78, 5) is 0. The lowest BCUT2D eigenvalue weighted by Crippen LogP contribution is -2.29. The summed E-state index contributed by atoms with van der Waals surface area (Å²) in [5.41, 5.74) is 2.48. The van der Waals surface area contributed by atoms with Crippen molar-refractivity contribution < 1.29 is 18.9 Å². The minimum Gasteiger partial charge on any atom is -0.497 e. The van der Waals surface area contributed by atoms with Crippen molar-refractivity contribution in [1.82, 2.24) is 5.32 Å². The standard InChI is InChI=1S/C12H19NO3.C7H6O/c1-14-11-6-4-10(5-7-11)8-13-9-12(15-2)16-3;1-2-6-4-7(3-1)8-5-6/h4-7,12-13H,8-9H2,1-3H3;1-4H,5H2. The number of methoxy groups -OCH3 is 3. The van der Waals surface area contributed by atoms with Gasteiger partial charge in [0.15, 0.2) is 6.29 Å². The van der Waals surface area contributed by atoms with Gasteiger partial charge in [0.1, 0.15) is 18.1 Å². The minimum atomic E-state index is -0.196. The molecule has 0 spiro atoms. The molecule has 1 aliphatic rings. The monoisotopic (exact) mass is 331 g/mol. The number of benzene rings is 2. The van der Waals surface area contributed by atoms with Crippen molar-refractivity contribution in [3.8, 4) is 11.5 Å². The van der Waals surface area contributed by atoms with Gasteiger partial charge in [-0.3, -0.25) is 0 Å². The van der Waals surface area contributed by atoms with Gasteiger partial charge in [-0.2, -0.15) is 0 Å². The Morgan fingerprint density at radius 3 is 2.38 bits per heavy atom. The Labute approximate surface area is 143 Å². The van der Waals surface area contributed by atoms with E-state index in [1.807, 2.05) is 36.4 Å². The van der Waals surface area contributed by atoms with E-state index in [1.54, 1.807) is 21.3 Å². The highest BCUT2D eigenvalue weighted by atomic mass is 16.7. The fraction of sp³-hybridized carbons (Fsp3) is 0.368. The number of nitrogens with one attached hydrogen (secondary N) is 1. The first-order chi connectivity index (χ1) is 11.7. The Balaban J connectivity index is 0.000000214. The normalized spacial score (nSPS) is 11.7. The molecule has 0 amide bonds. The van der Waals surface area contributed by atoms with Crippen LogP contribution in [-0.2, 0) is 22.6 Å². The number of hydrogen-bond acceptors (Lipinski definition) is 5. The highest BCUT2D eigenvalue weighted by molar-refractivity contribution is 5.32. The predicted molar refractivity (Wildman–Crippen MR) is 93.3 cm³/mol. The van der Waals surface area contributed by atoms with E-state index in [0.717, 1.165) is 24.7 Å². The molecule has 24 heavy (non-hydrogen) atoms. The van der Waals surface area contributed by atoms with Crippen LogP contribution in [0.2, 0.25) is 0 Å². The molecule has 130 valence electrons. The molecule has 2 aromatic carbocycles. The second-order valence-corrected chi connectivity index (χ2v) is 5.32. The van der Waals surface area contributed by atoms with Crippen molar-refractivity contribution in [2.24, 2.45) is 0 Å². The number of fused-ring (bicyclic) bond motifs is 2. The zero-order valence-corrected chi connectivity index (χ0v) is 14.5. The van der Waals surface area contributed by atoms with E-state index in [2.05, 4.69) is 17.4 Å². The molecule has 0 aromatic heterocycles. The van der Waals surface area contributed by atoms with E-state index in [9.17, 15) is 0 Å². The summed E-state index contributed by atoms with van der Waals surface area (Å²) in [6, 6.07) is 16.0. The predicted octanol–water partition coefficient (Wildman–Crippen LogP) is 2.98.